The van der Waals surface area contributed by atoms with Gasteiger partial charge in [0, 0.05) is 56.1 Å². The minimum Gasteiger partial charge on any atom is -0.333 e. The van der Waals surface area contributed by atoms with Crippen molar-refractivity contribution >= 4 is 60.9 Å². The van der Waals surface area contributed by atoms with Gasteiger partial charge in [-0.3, -0.25) is 0 Å². The SMILES string of the molecule is C1=CC2c3cc(N(c4ccc(-c5cccc6c5ccc5c(-c7ccccc7)c(-c7ccccc7)n(-c7ccc(-c8ccccc8)cc7)c56)cc4)c4cccc5ccccc45)ccc3N(c3ccccc3)C2C=C1. The number of aromatic nitrogens is 1. The van der Waals surface area contributed by atoms with Crippen LogP contribution in [0.2, 0.25) is 0 Å². The Kier molecular flexibility index (Phi) is 10.3. The number of fused-ring (bicyclic) bond motifs is 7. The Morgan fingerprint density at radius 2 is 0.959 bits per heavy atom. The molecular weight excluding hydrogens is 883 g/mol. The molecule has 0 N–H and O–H groups in total. The molecule has 2 aliphatic rings. The maximum atomic E-state index is 2.51. The third kappa shape index (κ3) is 7.20. The Bertz CT molecular complexity index is 4060. The van der Waals surface area contributed by atoms with Crippen molar-refractivity contribution in [3.63, 3.8) is 0 Å². The van der Waals surface area contributed by atoms with E-state index in [1.54, 1.807) is 0 Å². The molecule has 1 aliphatic heterocycles. The van der Waals surface area contributed by atoms with Crippen molar-refractivity contribution in [2.45, 2.75) is 12.0 Å². The van der Waals surface area contributed by atoms with Gasteiger partial charge in [-0.1, -0.05) is 224 Å². The maximum absolute atomic E-state index is 2.51. The number of nitrogens with zero attached hydrogens (tertiary/aromatic N) is 3. The van der Waals surface area contributed by atoms with Gasteiger partial charge < -0.3 is 14.4 Å². The zero-order valence-corrected chi connectivity index (χ0v) is 40.1. The minimum atomic E-state index is 0.211. The van der Waals surface area contributed by atoms with Crippen molar-refractivity contribution in [2.24, 2.45) is 0 Å². The first kappa shape index (κ1) is 42.4. The van der Waals surface area contributed by atoms with Crippen LogP contribution in [0.4, 0.5) is 28.4 Å². The molecule has 0 radical (unpaired) electrons. The molecule has 1 aromatic heterocycles. The summed E-state index contributed by atoms with van der Waals surface area (Å²) >= 11 is 0. The van der Waals surface area contributed by atoms with E-state index in [4.69, 9.17) is 0 Å². The summed E-state index contributed by atoms with van der Waals surface area (Å²) in [5.41, 5.74) is 19.0. The highest BCUT2D eigenvalue weighted by molar-refractivity contribution is 6.18. The summed E-state index contributed by atoms with van der Waals surface area (Å²) in [5.74, 6) is 0.233. The lowest BCUT2D eigenvalue weighted by molar-refractivity contribution is 0.745. The monoisotopic (exact) mass is 931 g/mol. The standard InChI is InChI=1S/C70H49N3/c1-5-19-48(20-6-1)49-35-39-56(40-36-49)73-69(53-24-9-3-10-25-53)68(52-22-7-2-8-23-52)63-45-44-60-58(31-18-32-62(60)70(63)73)51-37-41-55(42-38-51)71(65-34-17-26-50-21-13-14-29-59(50)65)57-43-46-67-64(47-57)61-30-15-16-33-66(61)72(67)54-27-11-4-12-28-54/h1-47,61,66H. The van der Waals surface area contributed by atoms with Crippen LogP contribution in [0.15, 0.2) is 285 Å². The molecule has 73 heavy (non-hydrogen) atoms. The molecule has 0 fully saturated rings. The fourth-order valence-corrected chi connectivity index (χ4v) is 11.8. The van der Waals surface area contributed by atoms with Gasteiger partial charge in [0.25, 0.3) is 0 Å². The van der Waals surface area contributed by atoms with Gasteiger partial charge in [0.05, 0.1) is 22.9 Å². The summed E-state index contributed by atoms with van der Waals surface area (Å²) in [5, 5.41) is 6.05. The Balaban J connectivity index is 0.933. The van der Waals surface area contributed by atoms with Crippen molar-refractivity contribution in [1.29, 1.82) is 0 Å². The van der Waals surface area contributed by atoms with E-state index in [0.717, 1.165) is 28.3 Å². The molecule has 3 heteroatoms. The number of hydrogen-bond acceptors (Lipinski definition) is 2. The second-order valence-corrected chi connectivity index (χ2v) is 19.2. The Morgan fingerprint density at radius 3 is 1.73 bits per heavy atom. The number of rotatable bonds is 9. The second kappa shape index (κ2) is 17.8. The van der Waals surface area contributed by atoms with Gasteiger partial charge in [-0.05, 0) is 110 Å². The smallest absolute Gasteiger partial charge is 0.0629 e. The fraction of sp³-hybridized carbons (Fsp3) is 0.0286. The van der Waals surface area contributed by atoms with Crippen molar-refractivity contribution in [3.05, 3.63) is 291 Å². The largest absolute Gasteiger partial charge is 0.333 e. The molecule has 2 atom stereocenters. The van der Waals surface area contributed by atoms with Gasteiger partial charge in [0.1, 0.15) is 0 Å². The van der Waals surface area contributed by atoms with E-state index >= 15 is 0 Å². The van der Waals surface area contributed by atoms with Crippen LogP contribution in [0, 0.1) is 0 Å². The van der Waals surface area contributed by atoms with Crippen LogP contribution in [0.3, 0.4) is 0 Å². The zero-order chi connectivity index (χ0) is 48.2. The number of anilines is 5. The lowest BCUT2D eigenvalue weighted by Gasteiger charge is -2.29. The highest BCUT2D eigenvalue weighted by Gasteiger charge is 2.38. The van der Waals surface area contributed by atoms with Crippen LogP contribution < -0.4 is 9.80 Å². The third-order valence-corrected chi connectivity index (χ3v) is 15.1. The lowest BCUT2D eigenvalue weighted by atomic mass is 9.91. The highest BCUT2D eigenvalue weighted by atomic mass is 15.2. The van der Waals surface area contributed by atoms with Gasteiger partial charge >= 0.3 is 0 Å². The maximum Gasteiger partial charge on any atom is 0.0629 e. The molecule has 14 rings (SSSR count). The second-order valence-electron chi connectivity index (χ2n) is 19.2. The van der Waals surface area contributed by atoms with Crippen LogP contribution in [0.5, 0.6) is 0 Å². The number of allylic oxidation sites excluding steroid dienone is 2. The molecule has 2 heterocycles. The molecule has 0 saturated carbocycles. The van der Waals surface area contributed by atoms with E-state index in [-0.39, 0.29) is 12.0 Å². The Labute approximate surface area is 426 Å². The summed E-state index contributed by atoms with van der Waals surface area (Å²) < 4.78 is 2.51. The van der Waals surface area contributed by atoms with Gasteiger partial charge in [-0.2, -0.15) is 0 Å². The molecule has 0 bridgehead atoms. The summed E-state index contributed by atoms with van der Waals surface area (Å²) in [7, 11) is 0. The molecule has 3 nitrogen and oxygen atoms in total. The average Bonchev–Trinajstić information content (AvgIpc) is 4.00. The average molecular weight is 932 g/mol. The van der Waals surface area contributed by atoms with Crippen molar-refractivity contribution in [2.75, 3.05) is 9.80 Å². The molecule has 1 aliphatic carbocycles. The van der Waals surface area contributed by atoms with E-state index in [9.17, 15) is 0 Å². The van der Waals surface area contributed by atoms with Gasteiger partial charge in [0.15, 0.2) is 0 Å². The van der Waals surface area contributed by atoms with E-state index in [2.05, 4.69) is 300 Å². The number of benzene rings is 11. The topological polar surface area (TPSA) is 11.4 Å². The first-order chi connectivity index (χ1) is 36.2. The normalized spacial score (nSPS) is 14.7. The summed E-state index contributed by atoms with van der Waals surface area (Å²) in [6, 6.07) is 95.8. The highest BCUT2D eigenvalue weighted by Crippen LogP contribution is 2.51. The first-order valence-corrected chi connectivity index (χ1v) is 25.3. The van der Waals surface area contributed by atoms with Crippen molar-refractivity contribution < 1.29 is 0 Å². The molecular formula is C70H49N3. The number of hydrogen-bond donors (Lipinski definition) is 0. The molecule has 2 unspecified atom stereocenters. The van der Waals surface area contributed by atoms with E-state index in [1.165, 1.54) is 88.5 Å². The molecule has 0 spiro atoms. The predicted molar refractivity (Wildman–Crippen MR) is 308 cm³/mol. The summed E-state index contributed by atoms with van der Waals surface area (Å²) in [4.78, 5) is 4.95. The van der Waals surface area contributed by atoms with Crippen LogP contribution in [-0.2, 0) is 0 Å². The Morgan fingerprint density at radius 1 is 0.370 bits per heavy atom. The first-order valence-electron chi connectivity index (χ1n) is 25.3. The fourth-order valence-electron chi connectivity index (χ4n) is 11.8. The van der Waals surface area contributed by atoms with Crippen LogP contribution >= 0.6 is 0 Å². The third-order valence-electron chi connectivity index (χ3n) is 15.1. The van der Waals surface area contributed by atoms with E-state index in [0.29, 0.717) is 0 Å². The van der Waals surface area contributed by atoms with Gasteiger partial charge in [0.2, 0.25) is 0 Å². The molecule has 11 aromatic carbocycles. The van der Waals surface area contributed by atoms with Crippen molar-refractivity contribution in [3.8, 4) is 50.3 Å². The predicted octanol–water partition coefficient (Wildman–Crippen LogP) is 18.8. The minimum absolute atomic E-state index is 0.211. The molecule has 12 aromatic rings. The van der Waals surface area contributed by atoms with Crippen LogP contribution in [0.1, 0.15) is 11.5 Å². The summed E-state index contributed by atoms with van der Waals surface area (Å²) in [6.07, 6.45) is 9.12. The van der Waals surface area contributed by atoms with Crippen LogP contribution in [0.25, 0.3) is 82.8 Å². The van der Waals surface area contributed by atoms with Gasteiger partial charge in [-0.15, -0.1) is 0 Å². The van der Waals surface area contributed by atoms with Gasteiger partial charge in [-0.25, -0.2) is 0 Å². The Hall–Kier alpha value is -9.44. The zero-order valence-electron chi connectivity index (χ0n) is 40.1. The molecule has 0 amide bonds. The lowest BCUT2D eigenvalue weighted by Crippen LogP contribution is -2.28. The van der Waals surface area contributed by atoms with Crippen LogP contribution in [-0.4, -0.2) is 10.6 Å². The van der Waals surface area contributed by atoms with E-state index < -0.39 is 0 Å². The quantitative estimate of drug-likeness (QED) is 0.143. The summed E-state index contributed by atoms with van der Waals surface area (Å²) in [6.45, 7) is 0. The van der Waals surface area contributed by atoms with Crippen molar-refractivity contribution in [1.82, 2.24) is 4.57 Å². The number of para-hydroxylation sites is 1. The molecule has 0 saturated heterocycles. The van der Waals surface area contributed by atoms with E-state index in [1.807, 2.05) is 0 Å². The molecule has 344 valence electrons.